The fraction of sp³-hybridized carbons (Fsp3) is 0.433. The zero-order chi connectivity index (χ0) is 32.4. The maximum Gasteiger partial charge on any atom is 0.349 e. The number of aromatic nitrogens is 1. The summed E-state index contributed by atoms with van der Waals surface area (Å²) in [5.41, 5.74) is 0.292. The molecular formula is C30H34N2O12. The van der Waals surface area contributed by atoms with Gasteiger partial charge in [-0.3, -0.25) is 19.2 Å². The molecule has 1 amide bonds. The summed E-state index contributed by atoms with van der Waals surface area (Å²) in [5, 5.41) is 2.38. The van der Waals surface area contributed by atoms with Crippen LogP contribution in [0.5, 0.6) is 11.5 Å². The van der Waals surface area contributed by atoms with Crippen molar-refractivity contribution < 1.29 is 57.2 Å². The molecule has 0 spiro atoms. The third-order valence-corrected chi connectivity index (χ3v) is 6.38. The van der Waals surface area contributed by atoms with Crippen LogP contribution in [0.25, 0.3) is 0 Å². The van der Waals surface area contributed by atoms with Crippen LogP contribution in [0.1, 0.15) is 43.7 Å². The van der Waals surface area contributed by atoms with Crippen molar-refractivity contribution in [2.24, 2.45) is 11.8 Å². The molecule has 1 saturated heterocycles. The lowest BCUT2D eigenvalue weighted by Crippen LogP contribution is -2.47. The topological polar surface area (TPSA) is 183 Å². The Hall–Kier alpha value is -5.01. The zero-order valence-electron chi connectivity index (χ0n) is 24.9. The monoisotopic (exact) mass is 614 g/mol. The van der Waals surface area contributed by atoms with Gasteiger partial charge in [-0.25, -0.2) is 14.6 Å². The van der Waals surface area contributed by atoms with Gasteiger partial charge >= 0.3 is 29.8 Å². The van der Waals surface area contributed by atoms with E-state index in [1.54, 1.807) is 38.1 Å². The van der Waals surface area contributed by atoms with E-state index in [2.05, 4.69) is 15.0 Å². The van der Waals surface area contributed by atoms with Gasteiger partial charge in [0.15, 0.2) is 30.2 Å². The number of pyridine rings is 1. The second-order valence-corrected chi connectivity index (χ2v) is 10.1. The highest BCUT2D eigenvalue weighted by Crippen LogP contribution is 2.30. The van der Waals surface area contributed by atoms with Crippen molar-refractivity contribution >= 4 is 35.8 Å². The molecule has 14 nitrogen and oxygen atoms in total. The number of methoxy groups -OCH3 is 1. The van der Waals surface area contributed by atoms with Crippen LogP contribution in [0, 0.1) is 11.8 Å². The Morgan fingerprint density at radius 3 is 2.41 bits per heavy atom. The standard InChI is InChI=1S/C30H34N2O12/c1-16(2)28(36)44-25-17(3)42-30(38)21(14-41-29(37)20(25)13-19-9-7-6-8-10-19)32-27(35)24-26(22(39-5)11-12-31-24)43-23(34)15-40-18(4)33/h6-12,16-17,20-21,25H,13-15H2,1-5H3,(H,32,35)/t17-,20+,21-,25-/m0/s1. The summed E-state index contributed by atoms with van der Waals surface area (Å²) in [5.74, 6) is -7.17. The quantitative estimate of drug-likeness (QED) is 0.301. The van der Waals surface area contributed by atoms with Crippen LogP contribution < -0.4 is 14.8 Å². The second kappa shape index (κ2) is 15.5. The van der Waals surface area contributed by atoms with Crippen LogP contribution in [-0.4, -0.2) is 79.3 Å². The van der Waals surface area contributed by atoms with Crippen molar-refractivity contribution in [1.82, 2.24) is 10.3 Å². The molecule has 236 valence electrons. The van der Waals surface area contributed by atoms with Gasteiger partial charge in [0, 0.05) is 19.2 Å². The van der Waals surface area contributed by atoms with Gasteiger partial charge in [-0.05, 0) is 18.9 Å². The summed E-state index contributed by atoms with van der Waals surface area (Å²) < 4.78 is 31.7. The summed E-state index contributed by atoms with van der Waals surface area (Å²) in [6.45, 7) is 4.44. The van der Waals surface area contributed by atoms with Gasteiger partial charge < -0.3 is 33.7 Å². The third kappa shape index (κ3) is 8.99. The van der Waals surface area contributed by atoms with E-state index in [0.29, 0.717) is 0 Å². The Bertz CT molecular complexity index is 1380. The molecule has 0 unspecified atom stereocenters. The maximum absolute atomic E-state index is 13.4. The molecule has 2 aromatic rings. The number of amides is 1. The van der Waals surface area contributed by atoms with Crippen molar-refractivity contribution in [1.29, 1.82) is 0 Å². The van der Waals surface area contributed by atoms with E-state index in [-0.39, 0.29) is 12.2 Å². The number of hydrogen-bond donors (Lipinski definition) is 1. The SMILES string of the molecule is COc1ccnc(C(=O)N[C@H]2COC(=O)[C@H](Cc3ccccc3)[C@@H](OC(=O)C(C)C)[C@H](C)OC2=O)c1OC(=O)COC(C)=O. The molecular weight excluding hydrogens is 580 g/mol. The first-order chi connectivity index (χ1) is 20.9. The van der Waals surface area contributed by atoms with Gasteiger partial charge in [0.1, 0.15) is 18.6 Å². The molecule has 1 aliphatic heterocycles. The summed E-state index contributed by atoms with van der Waals surface area (Å²) in [6, 6.07) is 8.75. The van der Waals surface area contributed by atoms with Crippen LogP contribution in [0.3, 0.4) is 0 Å². The van der Waals surface area contributed by atoms with E-state index >= 15 is 0 Å². The number of cyclic esters (lactones) is 2. The molecule has 1 fully saturated rings. The predicted molar refractivity (Wildman–Crippen MR) is 149 cm³/mol. The third-order valence-electron chi connectivity index (χ3n) is 6.38. The predicted octanol–water partition coefficient (Wildman–Crippen LogP) is 1.57. The van der Waals surface area contributed by atoms with Crippen molar-refractivity contribution in [3.05, 3.63) is 53.9 Å². The summed E-state index contributed by atoms with van der Waals surface area (Å²) in [6.07, 6.45) is -0.997. The zero-order valence-corrected chi connectivity index (χ0v) is 24.9. The highest BCUT2D eigenvalue weighted by atomic mass is 16.6. The summed E-state index contributed by atoms with van der Waals surface area (Å²) >= 11 is 0. The minimum Gasteiger partial charge on any atom is -0.493 e. The number of nitrogens with one attached hydrogen (secondary N) is 1. The molecule has 14 heteroatoms. The fourth-order valence-corrected chi connectivity index (χ4v) is 4.13. The first kappa shape index (κ1) is 33.5. The van der Waals surface area contributed by atoms with Crippen molar-refractivity contribution in [2.75, 3.05) is 20.3 Å². The Labute approximate surface area is 253 Å². The van der Waals surface area contributed by atoms with Crippen LogP contribution in [0.4, 0.5) is 0 Å². The maximum atomic E-state index is 13.4. The molecule has 0 bridgehead atoms. The fourth-order valence-electron chi connectivity index (χ4n) is 4.13. The first-order valence-electron chi connectivity index (χ1n) is 13.7. The van der Waals surface area contributed by atoms with Crippen molar-refractivity contribution in [2.45, 2.75) is 52.4 Å². The van der Waals surface area contributed by atoms with Crippen molar-refractivity contribution in [3.63, 3.8) is 0 Å². The van der Waals surface area contributed by atoms with E-state index in [1.807, 2.05) is 6.07 Å². The largest absolute Gasteiger partial charge is 0.493 e. The molecule has 0 saturated carbocycles. The second-order valence-electron chi connectivity index (χ2n) is 10.1. The van der Waals surface area contributed by atoms with Gasteiger partial charge in [-0.1, -0.05) is 44.2 Å². The lowest BCUT2D eigenvalue weighted by molar-refractivity contribution is -0.176. The molecule has 0 aliphatic carbocycles. The van der Waals surface area contributed by atoms with Crippen LogP contribution in [0.15, 0.2) is 42.6 Å². The smallest absolute Gasteiger partial charge is 0.349 e. The lowest BCUT2D eigenvalue weighted by atomic mass is 9.91. The van der Waals surface area contributed by atoms with E-state index < -0.39 is 90.5 Å². The Morgan fingerprint density at radius 1 is 1.07 bits per heavy atom. The van der Waals surface area contributed by atoms with Crippen LogP contribution >= 0.6 is 0 Å². The highest BCUT2D eigenvalue weighted by molar-refractivity contribution is 5.99. The number of benzene rings is 1. The van der Waals surface area contributed by atoms with E-state index in [1.165, 1.54) is 26.3 Å². The summed E-state index contributed by atoms with van der Waals surface area (Å²) in [7, 11) is 1.26. The molecule has 1 aromatic heterocycles. The lowest BCUT2D eigenvalue weighted by Gasteiger charge is -2.29. The van der Waals surface area contributed by atoms with Gasteiger partial charge in [0.2, 0.25) is 5.75 Å². The van der Waals surface area contributed by atoms with Gasteiger partial charge in [0.25, 0.3) is 5.91 Å². The number of esters is 5. The van der Waals surface area contributed by atoms with Gasteiger partial charge in [0.05, 0.1) is 13.0 Å². The molecule has 1 N–H and O–H groups in total. The highest BCUT2D eigenvalue weighted by Gasteiger charge is 2.42. The number of hydrogen-bond acceptors (Lipinski definition) is 13. The number of ether oxygens (including phenoxy) is 6. The van der Waals surface area contributed by atoms with E-state index in [9.17, 15) is 28.8 Å². The molecule has 0 radical (unpaired) electrons. The number of rotatable bonds is 10. The van der Waals surface area contributed by atoms with Gasteiger partial charge in [-0.2, -0.15) is 0 Å². The Morgan fingerprint density at radius 2 is 1.77 bits per heavy atom. The number of nitrogens with zero attached hydrogens (tertiary/aromatic N) is 1. The molecule has 1 aromatic carbocycles. The minimum atomic E-state index is -1.52. The first-order valence-corrected chi connectivity index (χ1v) is 13.7. The molecule has 1 aliphatic rings. The molecule has 4 atom stereocenters. The molecule has 3 rings (SSSR count). The Balaban J connectivity index is 1.87. The number of carbonyl (C=O) groups is 6. The average molecular weight is 615 g/mol. The van der Waals surface area contributed by atoms with E-state index in [0.717, 1.165) is 12.5 Å². The van der Waals surface area contributed by atoms with Crippen LogP contribution in [-0.2, 0) is 49.3 Å². The molecule has 44 heavy (non-hydrogen) atoms. The van der Waals surface area contributed by atoms with Gasteiger partial charge in [-0.15, -0.1) is 0 Å². The minimum absolute atomic E-state index is 0.0584. The number of carbonyl (C=O) groups excluding carboxylic acids is 6. The van der Waals surface area contributed by atoms with Crippen LogP contribution in [0.2, 0.25) is 0 Å². The summed E-state index contributed by atoms with van der Waals surface area (Å²) in [4.78, 5) is 79.7. The van der Waals surface area contributed by atoms with E-state index in [4.69, 9.17) is 23.7 Å². The Kier molecular flexibility index (Phi) is 11.8. The van der Waals surface area contributed by atoms with Crippen molar-refractivity contribution in [3.8, 4) is 11.5 Å². The normalized spacial score (nSPS) is 20.1. The average Bonchev–Trinajstić information content (AvgIpc) is 3.02. The molecule has 2 heterocycles.